The van der Waals surface area contributed by atoms with E-state index in [0.29, 0.717) is 5.82 Å². The minimum Gasteiger partial charge on any atom is -0.508 e. The lowest BCUT2D eigenvalue weighted by Crippen LogP contribution is -2.05. The van der Waals surface area contributed by atoms with Crippen LogP contribution < -0.4 is 0 Å². The first-order valence-electron chi connectivity index (χ1n) is 6.96. The van der Waals surface area contributed by atoms with Crippen molar-refractivity contribution in [2.24, 2.45) is 0 Å². The van der Waals surface area contributed by atoms with Gasteiger partial charge in [0.15, 0.2) is 11.6 Å². The van der Waals surface area contributed by atoms with Crippen molar-refractivity contribution >= 4 is 0 Å². The van der Waals surface area contributed by atoms with E-state index in [4.69, 9.17) is 0 Å². The van der Waals surface area contributed by atoms with Crippen molar-refractivity contribution in [3.63, 3.8) is 0 Å². The fraction of sp³-hybridized carbons (Fsp3) is 0.176. The summed E-state index contributed by atoms with van der Waals surface area (Å²) < 4.78 is 1.93. The second-order valence-electron chi connectivity index (χ2n) is 5.21. The number of phenols is 1. The van der Waals surface area contributed by atoms with Crippen LogP contribution in [0, 0.1) is 0 Å². The van der Waals surface area contributed by atoms with Crippen LogP contribution in [0.5, 0.6) is 5.75 Å². The van der Waals surface area contributed by atoms with Gasteiger partial charge in [-0.15, -0.1) is 0 Å². The van der Waals surface area contributed by atoms with Crippen molar-refractivity contribution in [1.82, 2.24) is 14.8 Å². The van der Waals surface area contributed by atoms with E-state index >= 15 is 0 Å². The maximum absolute atomic E-state index is 9.38. The van der Waals surface area contributed by atoms with Crippen LogP contribution in [0.25, 0.3) is 22.8 Å². The second kappa shape index (κ2) is 5.40. The Morgan fingerprint density at radius 2 is 1.57 bits per heavy atom. The third-order valence-electron chi connectivity index (χ3n) is 3.28. The number of aromatic nitrogens is 3. The molecular weight excluding hydrogens is 262 g/mol. The molecule has 2 aromatic carbocycles. The highest BCUT2D eigenvalue weighted by atomic mass is 16.3. The van der Waals surface area contributed by atoms with E-state index in [1.807, 2.05) is 47.1 Å². The summed E-state index contributed by atoms with van der Waals surface area (Å²) >= 11 is 0. The van der Waals surface area contributed by atoms with Crippen molar-refractivity contribution in [2.45, 2.75) is 19.9 Å². The van der Waals surface area contributed by atoms with Crippen LogP contribution in [0.4, 0.5) is 0 Å². The van der Waals surface area contributed by atoms with Gasteiger partial charge in [-0.05, 0) is 38.1 Å². The standard InChI is InChI=1S/C17H17N3O/c1-12(2)20-17(14-6-4-3-5-7-14)18-16(19-20)13-8-10-15(21)11-9-13/h3-12,21H,1-2H3. The van der Waals surface area contributed by atoms with Gasteiger partial charge in [0.25, 0.3) is 0 Å². The third-order valence-corrected chi connectivity index (χ3v) is 3.28. The van der Waals surface area contributed by atoms with Crippen LogP contribution in [-0.4, -0.2) is 19.9 Å². The molecule has 0 saturated heterocycles. The summed E-state index contributed by atoms with van der Waals surface area (Å²) in [6.07, 6.45) is 0. The molecule has 3 aromatic rings. The average molecular weight is 279 g/mol. The van der Waals surface area contributed by atoms with Gasteiger partial charge in [-0.3, -0.25) is 0 Å². The Hall–Kier alpha value is -2.62. The fourth-order valence-corrected chi connectivity index (χ4v) is 2.20. The lowest BCUT2D eigenvalue weighted by atomic mass is 10.2. The fourth-order valence-electron chi connectivity index (χ4n) is 2.20. The quantitative estimate of drug-likeness (QED) is 0.791. The van der Waals surface area contributed by atoms with Crippen molar-refractivity contribution in [1.29, 1.82) is 0 Å². The van der Waals surface area contributed by atoms with Crippen LogP contribution >= 0.6 is 0 Å². The molecule has 3 rings (SSSR count). The van der Waals surface area contributed by atoms with Crippen LogP contribution in [-0.2, 0) is 0 Å². The number of phenolic OH excluding ortho intramolecular Hbond substituents is 1. The smallest absolute Gasteiger partial charge is 0.181 e. The Labute approximate surface area is 123 Å². The minimum absolute atomic E-state index is 0.221. The zero-order valence-corrected chi connectivity index (χ0v) is 12.1. The van der Waals surface area contributed by atoms with E-state index in [1.54, 1.807) is 12.1 Å². The number of hydrogen-bond donors (Lipinski definition) is 1. The molecule has 0 bridgehead atoms. The molecule has 0 aliphatic rings. The predicted octanol–water partition coefficient (Wildman–Crippen LogP) is 3.90. The molecule has 0 saturated carbocycles. The maximum atomic E-state index is 9.38. The number of aromatic hydroxyl groups is 1. The Morgan fingerprint density at radius 3 is 2.19 bits per heavy atom. The average Bonchev–Trinajstić information content (AvgIpc) is 2.94. The van der Waals surface area contributed by atoms with Crippen molar-refractivity contribution < 1.29 is 5.11 Å². The first-order chi connectivity index (χ1) is 10.1. The lowest BCUT2D eigenvalue weighted by Gasteiger charge is -2.08. The molecule has 0 radical (unpaired) electrons. The molecule has 4 heteroatoms. The predicted molar refractivity (Wildman–Crippen MR) is 82.9 cm³/mol. The number of benzene rings is 2. The summed E-state index contributed by atoms with van der Waals surface area (Å²) in [6.45, 7) is 4.17. The Kier molecular flexibility index (Phi) is 3.44. The summed E-state index contributed by atoms with van der Waals surface area (Å²) in [5, 5.41) is 14.0. The molecule has 0 atom stereocenters. The Bertz CT molecular complexity index is 730. The number of hydrogen-bond acceptors (Lipinski definition) is 3. The van der Waals surface area contributed by atoms with E-state index in [2.05, 4.69) is 23.9 Å². The van der Waals surface area contributed by atoms with E-state index in [1.165, 1.54) is 0 Å². The molecule has 1 aromatic heterocycles. The molecule has 1 heterocycles. The van der Waals surface area contributed by atoms with Crippen LogP contribution in [0.2, 0.25) is 0 Å². The summed E-state index contributed by atoms with van der Waals surface area (Å²) in [4.78, 5) is 4.67. The molecule has 0 unspecified atom stereocenters. The Balaban J connectivity index is 2.11. The van der Waals surface area contributed by atoms with Crippen LogP contribution in [0.1, 0.15) is 19.9 Å². The minimum atomic E-state index is 0.221. The summed E-state index contributed by atoms with van der Waals surface area (Å²) in [6, 6.07) is 17.2. The topological polar surface area (TPSA) is 50.9 Å². The molecule has 1 N–H and O–H groups in total. The molecule has 106 valence electrons. The zero-order valence-electron chi connectivity index (χ0n) is 12.1. The molecule has 0 spiro atoms. The van der Waals surface area contributed by atoms with Gasteiger partial charge in [0, 0.05) is 17.2 Å². The van der Waals surface area contributed by atoms with Gasteiger partial charge >= 0.3 is 0 Å². The number of rotatable bonds is 3. The summed E-state index contributed by atoms with van der Waals surface area (Å²) in [5.41, 5.74) is 1.94. The van der Waals surface area contributed by atoms with Gasteiger partial charge in [0.2, 0.25) is 0 Å². The molecule has 0 aliphatic carbocycles. The first kappa shape index (κ1) is 13.4. The molecular formula is C17H17N3O. The van der Waals surface area contributed by atoms with E-state index in [-0.39, 0.29) is 11.8 Å². The Morgan fingerprint density at radius 1 is 0.905 bits per heavy atom. The molecule has 0 amide bonds. The molecule has 0 fully saturated rings. The van der Waals surface area contributed by atoms with Crippen LogP contribution in [0.3, 0.4) is 0 Å². The van der Waals surface area contributed by atoms with Crippen molar-refractivity contribution in [3.8, 4) is 28.5 Å². The number of nitrogens with zero attached hydrogens (tertiary/aromatic N) is 3. The maximum Gasteiger partial charge on any atom is 0.181 e. The van der Waals surface area contributed by atoms with E-state index in [9.17, 15) is 5.11 Å². The van der Waals surface area contributed by atoms with Crippen molar-refractivity contribution in [3.05, 3.63) is 54.6 Å². The highest BCUT2D eigenvalue weighted by Crippen LogP contribution is 2.25. The van der Waals surface area contributed by atoms with Crippen molar-refractivity contribution in [2.75, 3.05) is 0 Å². The molecule has 0 aliphatic heterocycles. The molecule has 21 heavy (non-hydrogen) atoms. The lowest BCUT2D eigenvalue weighted by molar-refractivity contribution is 0.475. The normalized spacial score (nSPS) is 11.0. The van der Waals surface area contributed by atoms with E-state index in [0.717, 1.165) is 17.0 Å². The highest BCUT2D eigenvalue weighted by Gasteiger charge is 2.15. The highest BCUT2D eigenvalue weighted by molar-refractivity contribution is 5.62. The zero-order chi connectivity index (χ0) is 14.8. The SMILES string of the molecule is CC(C)n1nc(-c2ccc(O)cc2)nc1-c1ccccc1. The third kappa shape index (κ3) is 2.65. The second-order valence-corrected chi connectivity index (χ2v) is 5.21. The van der Waals surface area contributed by atoms with Gasteiger partial charge in [-0.1, -0.05) is 30.3 Å². The van der Waals surface area contributed by atoms with Gasteiger partial charge in [0.05, 0.1) is 0 Å². The van der Waals surface area contributed by atoms with Gasteiger partial charge in [-0.2, -0.15) is 5.10 Å². The largest absolute Gasteiger partial charge is 0.508 e. The monoisotopic (exact) mass is 279 g/mol. The summed E-state index contributed by atoms with van der Waals surface area (Å²) in [5.74, 6) is 1.77. The van der Waals surface area contributed by atoms with Gasteiger partial charge < -0.3 is 5.11 Å². The van der Waals surface area contributed by atoms with Gasteiger partial charge in [0.1, 0.15) is 5.75 Å². The van der Waals surface area contributed by atoms with Crippen LogP contribution in [0.15, 0.2) is 54.6 Å². The summed E-state index contributed by atoms with van der Waals surface area (Å²) in [7, 11) is 0. The van der Waals surface area contributed by atoms with Gasteiger partial charge in [-0.25, -0.2) is 9.67 Å². The molecule has 4 nitrogen and oxygen atoms in total. The first-order valence-corrected chi connectivity index (χ1v) is 6.96. The van der Waals surface area contributed by atoms with E-state index < -0.39 is 0 Å².